The van der Waals surface area contributed by atoms with Gasteiger partial charge in [-0.05, 0) is 36.4 Å². The Balaban J connectivity index is 1.58. The van der Waals surface area contributed by atoms with E-state index in [0.717, 1.165) is 10.6 Å². The monoisotopic (exact) mass is 348 g/mol. The molecule has 4 rings (SSSR count). The number of nitrogens with zero attached hydrogens (tertiary/aromatic N) is 1. The molecule has 1 heterocycles. The third kappa shape index (κ3) is 3.23. The highest BCUT2D eigenvalue weighted by Crippen LogP contribution is 2.29. The van der Waals surface area contributed by atoms with Gasteiger partial charge in [-0.2, -0.15) is 0 Å². The highest BCUT2D eigenvalue weighted by molar-refractivity contribution is 7.99. The number of aromatic nitrogens is 1. The Morgan fingerprint density at radius 2 is 1.40 bits per heavy atom. The first kappa shape index (κ1) is 16.1. The van der Waals surface area contributed by atoms with Crippen LogP contribution in [0.4, 0.5) is 5.69 Å². The Morgan fingerprint density at radius 1 is 0.840 bits per heavy atom. The van der Waals surface area contributed by atoms with Crippen LogP contribution in [-0.4, -0.2) is 21.5 Å². The summed E-state index contributed by atoms with van der Waals surface area (Å²) >= 11 is 1.65. The van der Waals surface area contributed by atoms with Gasteiger partial charge in [-0.1, -0.05) is 36.4 Å². The van der Waals surface area contributed by atoms with Crippen LogP contribution < -0.4 is 5.73 Å². The third-order valence-electron chi connectivity index (χ3n) is 4.40. The first-order valence-corrected chi connectivity index (χ1v) is 9.33. The van der Waals surface area contributed by atoms with Crippen molar-refractivity contribution in [3.63, 3.8) is 0 Å². The lowest BCUT2D eigenvalue weighted by Gasteiger charge is -2.14. The van der Waals surface area contributed by atoms with Crippen molar-refractivity contribution in [1.29, 1.82) is 0 Å². The van der Waals surface area contributed by atoms with Crippen LogP contribution in [0, 0.1) is 0 Å². The van der Waals surface area contributed by atoms with Gasteiger partial charge in [0.25, 0.3) is 0 Å². The molecule has 0 radical (unpaired) electrons. The Morgan fingerprint density at radius 3 is 2.00 bits per heavy atom. The number of hydrogen-bond acceptors (Lipinski definition) is 3. The van der Waals surface area contributed by atoms with E-state index in [1.54, 1.807) is 11.8 Å². The fourth-order valence-electron chi connectivity index (χ4n) is 3.22. The number of nitrogen functional groups attached to an aromatic ring is 1. The van der Waals surface area contributed by atoms with Gasteiger partial charge in [0, 0.05) is 44.7 Å². The molecule has 0 bridgehead atoms. The van der Waals surface area contributed by atoms with Crippen LogP contribution in [-0.2, 0) is 6.54 Å². The van der Waals surface area contributed by atoms with E-state index in [9.17, 15) is 5.11 Å². The smallest absolute Gasteiger partial charge is 0.0813 e. The normalized spacial score (nSPS) is 12.7. The molecule has 1 atom stereocenters. The molecule has 4 aromatic rings. The topological polar surface area (TPSA) is 51.2 Å². The first-order valence-electron chi connectivity index (χ1n) is 8.35. The van der Waals surface area contributed by atoms with Crippen LogP contribution in [0.5, 0.6) is 0 Å². The van der Waals surface area contributed by atoms with Gasteiger partial charge in [-0.3, -0.25) is 0 Å². The van der Waals surface area contributed by atoms with Gasteiger partial charge in [0.2, 0.25) is 0 Å². The Hall–Kier alpha value is -2.43. The Bertz CT molecular complexity index is 954. The molecule has 3 aromatic carbocycles. The maximum atomic E-state index is 10.6. The van der Waals surface area contributed by atoms with E-state index >= 15 is 0 Å². The average molecular weight is 348 g/mol. The van der Waals surface area contributed by atoms with Crippen molar-refractivity contribution in [3.05, 3.63) is 72.8 Å². The minimum absolute atomic E-state index is 0.429. The minimum Gasteiger partial charge on any atom is -0.399 e. The van der Waals surface area contributed by atoms with E-state index in [2.05, 4.69) is 41.0 Å². The summed E-state index contributed by atoms with van der Waals surface area (Å²) in [6.07, 6.45) is -0.429. The standard InChI is InChI=1S/C21H20N2OS/c22-15-9-11-17(12-10-15)25-14-16(24)13-23-20-7-3-1-5-18(20)19-6-2-4-8-21(19)23/h1-12,16,24H,13-14,22H2. The number of aliphatic hydroxyl groups is 1. The van der Waals surface area contributed by atoms with Crippen LogP contribution in [0.15, 0.2) is 77.7 Å². The highest BCUT2D eigenvalue weighted by Gasteiger charge is 2.13. The minimum atomic E-state index is -0.429. The highest BCUT2D eigenvalue weighted by atomic mass is 32.2. The van der Waals surface area contributed by atoms with Gasteiger partial charge in [0.05, 0.1) is 6.10 Å². The molecule has 3 N–H and O–H groups in total. The van der Waals surface area contributed by atoms with Crippen LogP contribution in [0.2, 0.25) is 0 Å². The van der Waals surface area contributed by atoms with Crippen LogP contribution in [0.25, 0.3) is 21.8 Å². The maximum absolute atomic E-state index is 10.6. The lowest BCUT2D eigenvalue weighted by atomic mass is 10.2. The van der Waals surface area contributed by atoms with Crippen molar-refractivity contribution in [2.75, 3.05) is 11.5 Å². The number of benzene rings is 3. The summed E-state index contributed by atoms with van der Waals surface area (Å²) in [5.41, 5.74) is 8.81. The van der Waals surface area contributed by atoms with Gasteiger partial charge in [0.15, 0.2) is 0 Å². The number of rotatable bonds is 5. The van der Waals surface area contributed by atoms with Crippen LogP contribution >= 0.6 is 11.8 Å². The summed E-state index contributed by atoms with van der Waals surface area (Å²) in [6, 6.07) is 24.5. The molecule has 0 spiro atoms. The van der Waals surface area contributed by atoms with Crippen LogP contribution in [0.1, 0.15) is 0 Å². The number of thioether (sulfide) groups is 1. The molecule has 0 aliphatic carbocycles. The molecule has 1 aromatic heterocycles. The molecule has 126 valence electrons. The predicted octanol–water partition coefficient (Wildman–Crippen LogP) is 4.53. The van der Waals surface area contributed by atoms with E-state index in [0.29, 0.717) is 12.3 Å². The molecular weight excluding hydrogens is 328 g/mol. The van der Waals surface area contributed by atoms with Gasteiger partial charge < -0.3 is 15.4 Å². The summed E-state index contributed by atoms with van der Waals surface area (Å²) in [5, 5.41) is 13.1. The van der Waals surface area contributed by atoms with Crippen molar-refractivity contribution in [3.8, 4) is 0 Å². The molecule has 0 aliphatic rings. The van der Waals surface area contributed by atoms with Crippen LogP contribution in [0.3, 0.4) is 0 Å². The predicted molar refractivity (Wildman–Crippen MR) is 107 cm³/mol. The second kappa shape index (κ2) is 6.82. The SMILES string of the molecule is Nc1ccc(SCC(O)Cn2c3ccccc3c3ccccc32)cc1. The summed E-state index contributed by atoms with van der Waals surface area (Å²) in [5.74, 6) is 0.644. The van der Waals surface area contributed by atoms with E-state index < -0.39 is 6.10 Å². The Labute approximate surface area is 151 Å². The zero-order valence-electron chi connectivity index (χ0n) is 13.8. The van der Waals surface area contributed by atoms with Crippen molar-refractivity contribution < 1.29 is 5.11 Å². The fourth-order valence-corrected chi connectivity index (χ4v) is 4.04. The molecule has 25 heavy (non-hydrogen) atoms. The molecule has 1 unspecified atom stereocenters. The maximum Gasteiger partial charge on any atom is 0.0813 e. The molecule has 0 amide bonds. The molecule has 0 fully saturated rings. The Kier molecular flexibility index (Phi) is 4.38. The lowest BCUT2D eigenvalue weighted by Crippen LogP contribution is -2.18. The quantitative estimate of drug-likeness (QED) is 0.411. The third-order valence-corrected chi connectivity index (χ3v) is 5.55. The summed E-state index contributed by atoms with van der Waals surface area (Å²) in [7, 11) is 0. The summed E-state index contributed by atoms with van der Waals surface area (Å²) in [4.78, 5) is 1.12. The molecule has 0 aliphatic heterocycles. The molecule has 0 saturated heterocycles. The lowest BCUT2D eigenvalue weighted by molar-refractivity contribution is 0.181. The molecule has 3 nitrogen and oxygen atoms in total. The average Bonchev–Trinajstić information content (AvgIpc) is 2.96. The summed E-state index contributed by atoms with van der Waals surface area (Å²) in [6.45, 7) is 0.579. The largest absolute Gasteiger partial charge is 0.399 e. The number of fused-ring (bicyclic) bond motifs is 3. The second-order valence-corrected chi connectivity index (χ2v) is 7.27. The second-order valence-electron chi connectivity index (χ2n) is 6.18. The zero-order chi connectivity index (χ0) is 17.2. The zero-order valence-corrected chi connectivity index (χ0v) is 14.6. The van der Waals surface area contributed by atoms with Gasteiger partial charge in [-0.25, -0.2) is 0 Å². The van der Waals surface area contributed by atoms with Crippen molar-refractivity contribution in [2.24, 2.45) is 0 Å². The van der Waals surface area contributed by atoms with E-state index in [1.807, 2.05) is 36.4 Å². The first-order chi connectivity index (χ1) is 12.2. The fraction of sp³-hybridized carbons (Fsp3) is 0.143. The van der Waals surface area contributed by atoms with E-state index in [4.69, 9.17) is 5.73 Å². The molecular formula is C21H20N2OS. The number of para-hydroxylation sites is 2. The molecule has 4 heteroatoms. The molecule has 0 saturated carbocycles. The van der Waals surface area contributed by atoms with Gasteiger partial charge in [0.1, 0.15) is 0 Å². The number of anilines is 1. The number of aliphatic hydroxyl groups excluding tert-OH is 1. The van der Waals surface area contributed by atoms with Gasteiger partial charge >= 0.3 is 0 Å². The van der Waals surface area contributed by atoms with E-state index in [-0.39, 0.29) is 0 Å². The van der Waals surface area contributed by atoms with Gasteiger partial charge in [-0.15, -0.1) is 11.8 Å². The van der Waals surface area contributed by atoms with E-state index in [1.165, 1.54) is 21.8 Å². The van der Waals surface area contributed by atoms with Crippen molar-refractivity contribution in [2.45, 2.75) is 17.5 Å². The number of hydrogen-bond donors (Lipinski definition) is 2. The van der Waals surface area contributed by atoms with Crippen molar-refractivity contribution >= 4 is 39.3 Å². The number of nitrogens with two attached hydrogens (primary N) is 1. The summed E-state index contributed by atoms with van der Waals surface area (Å²) < 4.78 is 2.22. The van der Waals surface area contributed by atoms with Crippen molar-refractivity contribution in [1.82, 2.24) is 4.57 Å².